The average molecular weight is 549 g/mol. The monoisotopic (exact) mass is 548 g/mol. The maximum atomic E-state index is 5.99. The molecule has 1 fully saturated rings. The zero-order valence-corrected chi connectivity index (χ0v) is 22.6. The molecule has 0 unspecified atom stereocenters. The standard InChI is InChI=1S/C30H28N8O3/c1-39-27-10-6-5-9-24(27)30-34-28(35-41-30)18-40-23-14-11-20(12-15-23)29-33-25-17-22(38-32-19-31-36-38)13-16-26(25)37(29)21-7-3-2-4-8-21/h5-6,9-17,19,21H,2-4,7-8,18H2,1H3. The van der Waals surface area contributed by atoms with Gasteiger partial charge in [0.05, 0.1) is 29.4 Å². The highest BCUT2D eigenvalue weighted by molar-refractivity contribution is 5.83. The van der Waals surface area contributed by atoms with Gasteiger partial charge in [-0.05, 0) is 72.7 Å². The Morgan fingerprint density at radius 1 is 0.951 bits per heavy atom. The molecule has 3 aromatic carbocycles. The van der Waals surface area contributed by atoms with Crippen LogP contribution in [-0.2, 0) is 6.61 Å². The fourth-order valence-corrected chi connectivity index (χ4v) is 5.50. The first kappa shape index (κ1) is 24.9. The van der Waals surface area contributed by atoms with Crippen molar-refractivity contribution in [3.8, 4) is 40.0 Å². The molecule has 0 amide bonds. The molecule has 0 bridgehead atoms. The highest BCUT2D eigenvalue weighted by Gasteiger charge is 2.23. The maximum absolute atomic E-state index is 5.99. The lowest BCUT2D eigenvalue weighted by Gasteiger charge is -2.25. The Morgan fingerprint density at radius 2 is 1.80 bits per heavy atom. The number of rotatable bonds is 8. The molecule has 0 radical (unpaired) electrons. The van der Waals surface area contributed by atoms with Crippen LogP contribution in [0.25, 0.3) is 39.6 Å². The number of imidazole rings is 1. The van der Waals surface area contributed by atoms with Crippen molar-refractivity contribution >= 4 is 11.0 Å². The summed E-state index contributed by atoms with van der Waals surface area (Å²) in [4.78, 5) is 11.1. The Balaban J connectivity index is 1.14. The number of nitrogens with zero attached hydrogens (tertiary/aromatic N) is 8. The van der Waals surface area contributed by atoms with E-state index < -0.39 is 0 Å². The van der Waals surface area contributed by atoms with Crippen molar-refractivity contribution in [3.63, 3.8) is 0 Å². The number of benzene rings is 3. The van der Waals surface area contributed by atoms with E-state index in [2.05, 4.69) is 36.2 Å². The van der Waals surface area contributed by atoms with Gasteiger partial charge in [0.25, 0.3) is 5.89 Å². The van der Waals surface area contributed by atoms with Gasteiger partial charge in [0.1, 0.15) is 17.3 Å². The fourth-order valence-electron chi connectivity index (χ4n) is 5.50. The molecule has 6 aromatic rings. The van der Waals surface area contributed by atoms with E-state index in [0.29, 0.717) is 29.3 Å². The highest BCUT2D eigenvalue weighted by atomic mass is 16.5. The molecule has 1 aliphatic rings. The van der Waals surface area contributed by atoms with Crippen LogP contribution in [0.5, 0.6) is 11.5 Å². The number of aromatic nitrogens is 8. The second kappa shape index (κ2) is 10.8. The Labute approximate surface area is 235 Å². The Hall–Kier alpha value is -5.06. The lowest BCUT2D eigenvalue weighted by molar-refractivity contribution is 0.287. The SMILES string of the molecule is COc1ccccc1-c1nc(COc2ccc(-c3nc4cc(-n5ncnn5)ccc4n3C3CCCCC3)cc2)no1. The second-order valence-corrected chi connectivity index (χ2v) is 10.0. The van der Waals surface area contributed by atoms with Crippen LogP contribution in [0.3, 0.4) is 0 Å². The minimum Gasteiger partial charge on any atom is -0.496 e. The molecule has 0 saturated heterocycles. The summed E-state index contributed by atoms with van der Waals surface area (Å²) in [6.07, 6.45) is 7.46. The molecule has 0 spiro atoms. The van der Waals surface area contributed by atoms with E-state index in [1.165, 1.54) is 30.4 Å². The lowest BCUT2D eigenvalue weighted by atomic mass is 9.95. The summed E-state index contributed by atoms with van der Waals surface area (Å²) in [5, 5.41) is 16.1. The van der Waals surface area contributed by atoms with Gasteiger partial charge in [-0.3, -0.25) is 0 Å². The molecule has 206 valence electrons. The number of hydrogen-bond donors (Lipinski definition) is 0. The minimum atomic E-state index is 0.178. The van der Waals surface area contributed by atoms with Crippen LogP contribution >= 0.6 is 0 Å². The van der Waals surface area contributed by atoms with Crippen LogP contribution in [0.15, 0.2) is 77.6 Å². The van der Waals surface area contributed by atoms with Crippen LogP contribution < -0.4 is 9.47 Å². The maximum Gasteiger partial charge on any atom is 0.261 e. The van der Waals surface area contributed by atoms with Crippen molar-refractivity contribution in [1.29, 1.82) is 0 Å². The summed E-state index contributed by atoms with van der Waals surface area (Å²) in [6.45, 7) is 0.178. The van der Waals surface area contributed by atoms with Crippen LogP contribution in [0.4, 0.5) is 0 Å². The largest absolute Gasteiger partial charge is 0.496 e. The zero-order chi connectivity index (χ0) is 27.6. The van der Waals surface area contributed by atoms with Gasteiger partial charge < -0.3 is 18.6 Å². The van der Waals surface area contributed by atoms with Gasteiger partial charge in [-0.2, -0.15) is 4.98 Å². The van der Waals surface area contributed by atoms with Crippen molar-refractivity contribution in [1.82, 2.24) is 39.9 Å². The third-order valence-electron chi connectivity index (χ3n) is 7.48. The lowest BCUT2D eigenvalue weighted by Crippen LogP contribution is -2.14. The van der Waals surface area contributed by atoms with Crippen molar-refractivity contribution in [2.45, 2.75) is 44.8 Å². The smallest absolute Gasteiger partial charge is 0.261 e. The van der Waals surface area contributed by atoms with Crippen LogP contribution in [0.2, 0.25) is 0 Å². The van der Waals surface area contributed by atoms with Gasteiger partial charge in [-0.1, -0.05) is 36.6 Å². The number of hydrogen-bond acceptors (Lipinski definition) is 9. The summed E-state index contributed by atoms with van der Waals surface area (Å²) in [5.41, 5.74) is 4.61. The molecule has 0 aliphatic heterocycles. The first-order chi connectivity index (χ1) is 20.3. The van der Waals surface area contributed by atoms with Gasteiger partial charge in [-0.15, -0.1) is 15.0 Å². The van der Waals surface area contributed by atoms with Crippen molar-refractivity contribution in [2.24, 2.45) is 0 Å². The van der Waals surface area contributed by atoms with Crippen LogP contribution in [0.1, 0.15) is 44.0 Å². The quantitative estimate of drug-likeness (QED) is 0.232. The molecule has 41 heavy (non-hydrogen) atoms. The fraction of sp³-hybridized carbons (Fsp3) is 0.267. The third-order valence-corrected chi connectivity index (χ3v) is 7.48. The predicted molar refractivity (Wildman–Crippen MR) is 151 cm³/mol. The van der Waals surface area contributed by atoms with Crippen LogP contribution in [0, 0.1) is 0 Å². The molecule has 11 nitrogen and oxygen atoms in total. The molecule has 1 aliphatic carbocycles. The topological polar surface area (TPSA) is 119 Å². The van der Waals surface area contributed by atoms with Gasteiger partial charge in [0.15, 0.2) is 12.9 Å². The minimum absolute atomic E-state index is 0.178. The molecular formula is C30H28N8O3. The average Bonchev–Trinajstić information content (AvgIpc) is 3.81. The number of methoxy groups -OCH3 is 1. The number of tetrazole rings is 1. The molecule has 11 heteroatoms. The normalized spacial score (nSPS) is 14.0. The predicted octanol–water partition coefficient (Wildman–Crippen LogP) is 5.82. The first-order valence-corrected chi connectivity index (χ1v) is 13.7. The summed E-state index contributed by atoms with van der Waals surface area (Å²) < 4.78 is 19.2. The summed E-state index contributed by atoms with van der Waals surface area (Å²) in [7, 11) is 1.61. The van der Waals surface area contributed by atoms with E-state index >= 15 is 0 Å². The van der Waals surface area contributed by atoms with Gasteiger partial charge in [0, 0.05) is 11.6 Å². The van der Waals surface area contributed by atoms with E-state index in [-0.39, 0.29) is 6.61 Å². The van der Waals surface area contributed by atoms with Gasteiger partial charge >= 0.3 is 0 Å². The van der Waals surface area contributed by atoms with Crippen molar-refractivity contribution < 1.29 is 14.0 Å². The van der Waals surface area contributed by atoms with E-state index in [1.807, 2.05) is 60.7 Å². The summed E-state index contributed by atoms with van der Waals surface area (Å²) in [6, 6.07) is 22.1. The van der Waals surface area contributed by atoms with Gasteiger partial charge in [-0.25, -0.2) is 4.98 Å². The van der Waals surface area contributed by atoms with Crippen molar-refractivity contribution in [2.75, 3.05) is 7.11 Å². The molecule has 3 heterocycles. The Morgan fingerprint density at radius 3 is 2.61 bits per heavy atom. The molecular weight excluding hydrogens is 520 g/mol. The number of ether oxygens (including phenoxy) is 2. The Kier molecular flexibility index (Phi) is 6.59. The summed E-state index contributed by atoms with van der Waals surface area (Å²) >= 11 is 0. The molecule has 0 N–H and O–H groups in total. The van der Waals surface area contributed by atoms with E-state index in [4.69, 9.17) is 19.0 Å². The molecule has 0 atom stereocenters. The third kappa shape index (κ3) is 4.90. The van der Waals surface area contributed by atoms with Gasteiger partial charge in [0.2, 0.25) is 5.82 Å². The highest BCUT2D eigenvalue weighted by Crippen LogP contribution is 2.37. The zero-order valence-electron chi connectivity index (χ0n) is 22.6. The number of para-hydroxylation sites is 1. The van der Waals surface area contributed by atoms with Crippen molar-refractivity contribution in [3.05, 3.63) is 78.9 Å². The van der Waals surface area contributed by atoms with E-state index in [0.717, 1.165) is 46.5 Å². The van der Waals surface area contributed by atoms with E-state index in [1.54, 1.807) is 7.11 Å². The summed E-state index contributed by atoms with van der Waals surface area (Å²) in [5.74, 6) is 3.16. The molecule has 3 aromatic heterocycles. The molecule has 1 saturated carbocycles. The van der Waals surface area contributed by atoms with Crippen LogP contribution in [-0.4, -0.2) is 47.0 Å². The first-order valence-electron chi connectivity index (χ1n) is 13.7. The Bertz CT molecular complexity index is 1770. The molecule has 7 rings (SSSR count). The van der Waals surface area contributed by atoms with E-state index in [9.17, 15) is 0 Å². The number of fused-ring (bicyclic) bond motifs is 1. The second-order valence-electron chi connectivity index (χ2n) is 10.0.